The highest BCUT2D eigenvalue weighted by atomic mass is 35.6. The summed E-state index contributed by atoms with van der Waals surface area (Å²) in [6.45, 7) is 2.39. The molecule has 0 aliphatic carbocycles. The summed E-state index contributed by atoms with van der Waals surface area (Å²) in [7, 11) is 1.02. The number of benzene rings is 1. The maximum atomic E-state index is 12.8. The third-order valence-electron chi connectivity index (χ3n) is 5.57. The Labute approximate surface area is 250 Å². The first-order valence-corrected chi connectivity index (χ1v) is 13.4. The lowest BCUT2D eigenvalue weighted by Crippen LogP contribution is -2.64. The summed E-state index contributed by atoms with van der Waals surface area (Å²) in [5.41, 5.74) is 0.631. The van der Waals surface area contributed by atoms with E-state index in [0.29, 0.717) is 5.56 Å². The van der Waals surface area contributed by atoms with Gasteiger partial charge in [0.25, 0.3) is 3.79 Å². The number of ether oxygens (including phenoxy) is 6. The highest BCUT2D eigenvalue weighted by Crippen LogP contribution is 2.34. The lowest BCUT2D eigenvalue weighted by Gasteiger charge is -2.43. The van der Waals surface area contributed by atoms with Crippen molar-refractivity contribution in [2.75, 3.05) is 7.11 Å². The van der Waals surface area contributed by atoms with E-state index in [2.05, 4.69) is 0 Å². The molecular weight excluding hydrogens is 611 g/mol. The number of hydrogen-bond acceptors (Lipinski definition) is 12. The predicted octanol–water partition coefficient (Wildman–Crippen LogP) is 2.95. The van der Waals surface area contributed by atoms with Crippen LogP contribution in [0.25, 0.3) is 0 Å². The molecule has 0 spiro atoms. The molecule has 1 aromatic rings. The van der Waals surface area contributed by atoms with Gasteiger partial charge in [-0.2, -0.15) is 0 Å². The first kappa shape index (κ1) is 34.4. The standard InChI is InChI=1S/C26H29Cl3O12/c1-14(30)9-11-17(32)38-20-19(37-13-16-7-5-4-6-8-16)22(39-18(33)12-10-15(2)31)24(40-21(20)23(34)36-3)41-25(35)26(27,28)29/h4-8,19-22,24H,9-13H2,1-3H3/t19-,20-,21-,22+,24?/m0/s1. The number of hydrogen-bond donors (Lipinski definition) is 0. The molecule has 15 heteroatoms. The molecule has 1 saturated heterocycles. The normalized spacial score (nSPS) is 22.2. The van der Waals surface area contributed by atoms with Crippen LogP contribution >= 0.6 is 34.8 Å². The molecule has 1 aliphatic rings. The average Bonchev–Trinajstić information content (AvgIpc) is 2.91. The second kappa shape index (κ2) is 16.0. The van der Waals surface area contributed by atoms with E-state index in [1.54, 1.807) is 30.3 Å². The van der Waals surface area contributed by atoms with Gasteiger partial charge in [0, 0.05) is 12.8 Å². The Balaban J connectivity index is 2.54. The van der Waals surface area contributed by atoms with Crippen LogP contribution in [-0.2, 0) is 63.8 Å². The molecule has 41 heavy (non-hydrogen) atoms. The maximum absolute atomic E-state index is 12.8. The van der Waals surface area contributed by atoms with Crippen molar-refractivity contribution in [2.45, 2.75) is 80.6 Å². The maximum Gasteiger partial charge on any atom is 0.360 e. The van der Waals surface area contributed by atoms with E-state index in [1.165, 1.54) is 13.8 Å². The molecule has 226 valence electrons. The van der Waals surface area contributed by atoms with Crippen molar-refractivity contribution in [2.24, 2.45) is 0 Å². The molecule has 0 N–H and O–H groups in total. The zero-order chi connectivity index (χ0) is 30.7. The summed E-state index contributed by atoms with van der Waals surface area (Å²) in [4.78, 5) is 73.4. The van der Waals surface area contributed by atoms with Crippen LogP contribution in [0.2, 0.25) is 0 Å². The fourth-order valence-electron chi connectivity index (χ4n) is 3.57. The molecule has 1 unspecified atom stereocenters. The van der Waals surface area contributed by atoms with E-state index in [-0.39, 0.29) is 43.9 Å². The first-order valence-electron chi connectivity index (χ1n) is 12.3. The van der Waals surface area contributed by atoms with E-state index in [0.717, 1.165) is 7.11 Å². The van der Waals surface area contributed by atoms with E-state index >= 15 is 0 Å². The molecule has 0 saturated carbocycles. The minimum Gasteiger partial charge on any atom is -0.467 e. The Kier molecular flexibility index (Phi) is 13.5. The average molecular weight is 640 g/mol. The van der Waals surface area contributed by atoms with Gasteiger partial charge in [0.2, 0.25) is 6.29 Å². The van der Waals surface area contributed by atoms with Gasteiger partial charge in [0.1, 0.15) is 17.7 Å². The Morgan fingerprint density at radius 2 is 1.32 bits per heavy atom. The van der Waals surface area contributed by atoms with Gasteiger partial charge >= 0.3 is 23.9 Å². The van der Waals surface area contributed by atoms with Gasteiger partial charge in [-0.15, -0.1) is 0 Å². The molecule has 12 nitrogen and oxygen atoms in total. The first-order chi connectivity index (χ1) is 19.2. The summed E-state index contributed by atoms with van der Waals surface area (Å²) in [6, 6.07) is 8.63. The van der Waals surface area contributed by atoms with Crippen molar-refractivity contribution in [3.63, 3.8) is 0 Å². The fraction of sp³-hybridized carbons (Fsp3) is 0.538. The summed E-state index contributed by atoms with van der Waals surface area (Å²) in [5, 5.41) is 0. The zero-order valence-corrected chi connectivity index (χ0v) is 24.6. The minimum atomic E-state index is -2.59. The summed E-state index contributed by atoms with van der Waals surface area (Å²) in [5.74, 6) is -4.96. The third-order valence-corrected chi connectivity index (χ3v) is 6.03. The summed E-state index contributed by atoms with van der Waals surface area (Å²) in [6.07, 6.45) is -9.58. The number of alkyl halides is 3. The number of rotatable bonds is 13. The molecule has 0 aromatic heterocycles. The lowest BCUT2D eigenvalue weighted by molar-refractivity contribution is -0.300. The number of carbonyl (C=O) groups excluding carboxylic acids is 6. The van der Waals surface area contributed by atoms with Crippen molar-refractivity contribution in [3.05, 3.63) is 35.9 Å². The van der Waals surface area contributed by atoms with Gasteiger partial charge in [0.15, 0.2) is 18.3 Å². The molecule has 0 radical (unpaired) electrons. The Bertz CT molecular complexity index is 1100. The third kappa shape index (κ3) is 11.2. The fourth-order valence-corrected chi connectivity index (χ4v) is 3.71. The minimum absolute atomic E-state index is 0.155. The van der Waals surface area contributed by atoms with Crippen LogP contribution in [0.15, 0.2) is 30.3 Å². The van der Waals surface area contributed by atoms with Crippen LogP contribution in [-0.4, -0.2) is 77.1 Å². The predicted molar refractivity (Wildman–Crippen MR) is 142 cm³/mol. The Morgan fingerprint density at radius 3 is 1.80 bits per heavy atom. The van der Waals surface area contributed by atoms with Gasteiger partial charge in [-0.05, 0) is 19.4 Å². The molecule has 1 aromatic carbocycles. The molecule has 1 heterocycles. The zero-order valence-electron chi connectivity index (χ0n) is 22.3. The highest BCUT2D eigenvalue weighted by Gasteiger charge is 2.56. The van der Waals surface area contributed by atoms with E-state index in [9.17, 15) is 28.8 Å². The molecule has 2 rings (SSSR count). The van der Waals surface area contributed by atoms with Gasteiger partial charge in [-0.1, -0.05) is 65.1 Å². The SMILES string of the molecule is COC(=O)[C@H]1OC(OC(=O)C(Cl)(Cl)Cl)[C@H](OC(=O)CCC(C)=O)[C@@H](OCc2ccccc2)[C@@H]1OC(=O)CCC(C)=O. The van der Waals surface area contributed by atoms with Crippen molar-refractivity contribution in [3.8, 4) is 0 Å². The summed E-state index contributed by atoms with van der Waals surface area (Å²) >= 11 is 16.9. The number of halogens is 3. The Hall–Kier alpha value is -2.77. The van der Waals surface area contributed by atoms with Crippen LogP contribution in [0.4, 0.5) is 0 Å². The van der Waals surface area contributed by atoms with Crippen LogP contribution in [0.3, 0.4) is 0 Å². The smallest absolute Gasteiger partial charge is 0.360 e. The second-order valence-corrected chi connectivity index (χ2v) is 11.2. The van der Waals surface area contributed by atoms with Crippen LogP contribution in [0.5, 0.6) is 0 Å². The van der Waals surface area contributed by atoms with E-state index in [1.807, 2.05) is 0 Å². The van der Waals surface area contributed by atoms with Gasteiger partial charge in [0.05, 0.1) is 26.6 Å². The molecule has 5 atom stereocenters. The van der Waals surface area contributed by atoms with Crippen molar-refractivity contribution >= 4 is 70.2 Å². The van der Waals surface area contributed by atoms with E-state index in [4.69, 9.17) is 63.2 Å². The van der Waals surface area contributed by atoms with Crippen molar-refractivity contribution in [1.29, 1.82) is 0 Å². The molecule has 0 bridgehead atoms. The highest BCUT2D eigenvalue weighted by molar-refractivity contribution is 6.75. The van der Waals surface area contributed by atoms with Gasteiger partial charge in [-0.3, -0.25) is 9.59 Å². The molecule has 1 aliphatic heterocycles. The number of methoxy groups -OCH3 is 1. The second-order valence-electron chi connectivity index (χ2n) is 8.93. The molecule has 1 fully saturated rings. The number of ketones is 2. The quantitative estimate of drug-likeness (QED) is 0.177. The number of Topliss-reactive ketones (excluding diaryl/α,β-unsaturated/α-hetero) is 2. The van der Waals surface area contributed by atoms with Crippen LogP contribution in [0.1, 0.15) is 45.1 Å². The monoisotopic (exact) mass is 638 g/mol. The largest absolute Gasteiger partial charge is 0.467 e. The molecular formula is C26H29Cl3O12. The van der Waals surface area contributed by atoms with Crippen LogP contribution < -0.4 is 0 Å². The Morgan fingerprint density at radius 1 is 0.780 bits per heavy atom. The summed E-state index contributed by atoms with van der Waals surface area (Å²) < 4.78 is 30.0. The van der Waals surface area contributed by atoms with Crippen LogP contribution in [0, 0.1) is 0 Å². The van der Waals surface area contributed by atoms with E-state index < -0.39 is 58.4 Å². The van der Waals surface area contributed by atoms with Crippen molar-refractivity contribution in [1.82, 2.24) is 0 Å². The van der Waals surface area contributed by atoms with Gasteiger partial charge in [-0.25, -0.2) is 9.59 Å². The van der Waals surface area contributed by atoms with Crippen molar-refractivity contribution < 1.29 is 57.2 Å². The molecule has 0 amide bonds. The number of esters is 4. The number of carbonyl (C=O) groups is 6. The lowest BCUT2D eigenvalue weighted by atomic mass is 9.97. The van der Waals surface area contributed by atoms with Gasteiger partial charge < -0.3 is 38.0 Å². The topological polar surface area (TPSA) is 158 Å².